The summed E-state index contributed by atoms with van der Waals surface area (Å²) in [5.41, 5.74) is 2.28. The van der Waals surface area contributed by atoms with Gasteiger partial charge in [-0.3, -0.25) is 9.78 Å². The average molecular weight is 541 g/mol. The molecule has 0 saturated carbocycles. The Kier molecular flexibility index (Phi) is 6.66. The number of hydrogen-bond acceptors (Lipinski definition) is 10. The minimum atomic E-state index is -0.923. The minimum absolute atomic E-state index is 0.120. The fraction of sp³-hybridized carbons (Fsp3) is 0.185. The highest BCUT2D eigenvalue weighted by molar-refractivity contribution is 6.05. The summed E-state index contributed by atoms with van der Waals surface area (Å²) >= 11 is 0. The highest BCUT2D eigenvalue weighted by Gasteiger charge is 2.22. The van der Waals surface area contributed by atoms with Gasteiger partial charge in [-0.1, -0.05) is 0 Å². The molecule has 5 heterocycles. The topological polar surface area (TPSA) is 155 Å². The number of hydrogen-bond donors (Lipinski definition) is 3. The standard InChI is InChI=1S/C27H24N8O5/c36-26(18-1-2-21-22(11-18)40-16-39-21)31-19-13-20(32-23(14-19)33-24-15-28-5-6-29-24)17-3-4-30-25(12-17)34-7-9-35(10-8-34)27(37)38/h1-6,11-15H,7-10,16H2,(H,37,38)(H2,29,31,32,33,36). The third kappa shape index (κ3) is 5.38. The number of rotatable bonds is 6. The predicted octanol–water partition coefficient (Wildman–Crippen LogP) is 3.46. The molecular formula is C27H24N8O5. The number of amides is 2. The van der Waals surface area contributed by atoms with Crippen LogP contribution in [0.4, 0.5) is 27.9 Å². The van der Waals surface area contributed by atoms with E-state index in [0.29, 0.717) is 72.1 Å². The third-order valence-corrected chi connectivity index (χ3v) is 6.45. The van der Waals surface area contributed by atoms with E-state index in [1.807, 2.05) is 17.0 Å². The number of carboxylic acid groups (broad SMARTS) is 1. The van der Waals surface area contributed by atoms with Crippen molar-refractivity contribution in [2.75, 3.05) is 48.5 Å². The van der Waals surface area contributed by atoms with E-state index in [9.17, 15) is 14.7 Å². The molecule has 13 heteroatoms. The van der Waals surface area contributed by atoms with Crippen LogP contribution in [0.15, 0.2) is 67.3 Å². The van der Waals surface area contributed by atoms with E-state index in [0.717, 1.165) is 5.56 Å². The fourth-order valence-corrected chi connectivity index (χ4v) is 4.43. The summed E-state index contributed by atoms with van der Waals surface area (Å²) in [6, 6.07) is 12.2. The normalized spacial score (nSPS) is 14.1. The highest BCUT2D eigenvalue weighted by Crippen LogP contribution is 2.33. The van der Waals surface area contributed by atoms with E-state index >= 15 is 0 Å². The van der Waals surface area contributed by atoms with Crippen molar-refractivity contribution in [3.63, 3.8) is 0 Å². The van der Waals surface area contributed by atoms with Crippen LogP contribution in [0.25, 0.3) is 11.3 Å². The first-order valence-electron chi connectivity index (χ1n) is 12.5. The molecule has 13 nitrogen and oxygen atoms in total. The Balaban J connectivity index is 1.29. The molecule has 1 aromatic carbocycles. The van der Waals surface area contributed by atoms with E-state index in [-0.39, 0.29) is 12.7 Å². The van der Waals surface area contributed by atoms with Gasteiger partial charge in [-0.15, -0.1) is 0 Å². The van der Waals surface area contributed by atoms with Crippen molar-refractivity contribution in [3.05, 3.63) is 72.8 Å². The lowest BCUT2D eigenvalue weighted by Crippen LogP contribution is -2.48. The first-order chi connectivity index (χ1) is 19.5. The molecule has 3 N–H and O–H groups in total. The van der Waals surface area contributed by atoms with Gasteiger partial charge in [0, 0.05) is 67.7 Å². The van der Waals surface area contributed by atoms with Gasteiger partial charge in [0.1, 0.15) is 17.5 Å². The van der Waals surface area contributed by atoms with Gasteiger partial charge < -0.3 is 35.0 Å². The smallest absolute Gasteiger partial charge is 0.407 e. The zero-order valence-corrected chi connectivity index (χ0v) is 21.1. The van der Waals surface area contributed by atoms with Crippen LogP contribution in [0.2, 0.25) is 0 Å². The minimum Gasteiger partial charge on any atom is -0.465 e. The van der Waals surface area contributed by atoms with Crippen molar-refractivity contribution in [1.82, 2.24) is 24.8 Å². The average Bonchev–Trinajstić information content (AvgIpc) is 3.46. The van der Waals surface area contributed by atoms with Crippen LogP contribution in [0.3, 0.4) is 0 Å². The molecular weight excluding hydrogens is 516 g/mol. The number of ether oxygens (including phenoxy) is 2. The molecule has 0 bridgehead atoms. The zero-order valence-electron chi connectivity index (χ0n) is 21.1. The quantitative estimate of drug-likeness (QED) is 0.329. The molecule has 202 valence electrons. The number of piperazine rings is 1. The summed E-state index contributed by atoms with van der Waals surface area (Å²) in [5, 5.41) is 15.3. The van der Waals surface area contributed by atoms with Gasteiger partial charge in [0.25, 0.3) is 5.91 Å². The Morgan fingerprint density at radius 2 is 1.73 bits per heavy atom. The lowest BCUT2D eigenvalue weighted by molar-refractivity contribution is 0.102. The number of anilines is 4. The van der Waals surface area contributed by atoms with Gasteiger partial charge in [0.15, 0.2) is 11.5 Å². The van der Waals surface area contributed by atoms with Gasteiger partial charge >= 0.3 is 6.09 Å². The SMILES string of the molecule is O=C(Nc1cc(Nc2cnccn2)nc(-c2ccnc(N3CCN(C(=O)O)CC3)c2)c1)c1ccc2c(c1)OCO2. The molecule has 4 aromatic rings. The summed E-state index contributed by atoms with van der Waals surface area (Å²) < 4.78 is 10.7. The van der Waals surface area contributed by atoms with E-state index < -0.39 is 6.09 Å². The van der Waals surface area contributed by atoms with Gasteiger partial charge in [0.2, 0.25) is 6.79 Å². The number of pyridine rings is 2. The second-order valence-corrected chi connectivity index (χ2v) is 9.02. The lowest BCUT2D eigenvalue weighted by atomic mass is 10.1. The number of nitrogens with zero attached hydrogens (tertiary/aromatic N) is 6. The van der Waals surface area contributed by atoms with Crippen LogP contribution in [-0.4, -0.2) is 74.9 Å². The summed E-state index contributed by atoms with van der Waals surface area (Å²) in [7, 11) is 0. The van der Waals surface area contributed by atoms with Crippen molar-refractivity contribution < 1.29 is 24.2 Å². The number of aromatic nitrogens is 4. The van der Waals surface area contributed by atoms with Crippen LogP contribution >= 0.6 is 0 Å². The summed E-state index contributed by atoms with van der Waals surface area (Å²) in [4.78, 5) is 45.4. The fourth-order valence-electron chi connectivity index (χ4n) is 4.43. The maximum absolute atomic E-state index is 13.1. The van der Waals surface area contributed by atoms with E-state index in [4.69, 9.17) is 14.5 Å². The molecule has 1 saturated heterocycles. The van der Waals surface area contributed by atoms with E-state index in [2.05, 4.69) is 25.6 Å². The molecule has 2 aliphatic heterocycles. The van der Waals surface area contributed by atoms with Crippen molar-refractivity contribution in [2.24, 2.45) is 0 Å². The number of carbonyl (C=O) groups is 2. The van der Waals surface area contributed by atoms with Crippen LogP contribution in [-0.2, 0) is 0 Å². The highest BCUT2D eigenvalue weighted by atomic mass is 16.7. The Hall–Kier alpha value is -5.46. The van der Waals surface area contributed by atoms with Crippen LogP contribution in [0, 0.1) is 0 Å². The van der Waals surface area contributed by atoms with Crippen LogP contribution in [0.5, 0.6) is 11.5 Å². The molecule has 0 unspecified atom stereocenters. The third-order valence-electron chi connectivity index (χ3n) is 6.45. The Morgan fingerprint density at radius 3 is 2.52 bits per heavy atom. The Labute approximate surface area is 228 Å². The van der Waals surface area contributed by atoms with E-state index in [1.165, 1.54) is 4.90 Å². The molecule has 1 fully saturated rings. The van der Waals surface area contributed by atoms with Crippen LogP contribution in [0.1, 0.15) is 10.4 Å². The zero-order chi connectivity index (χ0) is 27.5. The molecule has 0 aliphatic carbocycles. The van der Waals surface area contributed by atoms with Gasteiger partial charge in [-0.05, 0) is 36.4 Å². The van der Waals surface area contributed by atoms with E-state index in [1.54, 1.807) is 55.1 Å². The second kappa shape index (κ2) is 10.7. The lowest BCUT2D eigenvalue weighted by Gasteiger charge is -2.33. The van der Waals surface area contributed by atoms with Crippen molar-refractivity contribution >= 4 is 35.1 Å². The van der Waals surface area contributed by atoms with Gasteiger partial charge in [0.05, 0.1) is 11.9 Å². The molecule has 0 radical (unpaired) electrons. The van der Waals surface area contributed by atoms with Crippen molar-refractivity contribution in [2.45, 2.75) is 0 Å². The molecule has 3 aromatic heterocycles. The summed E-state index contributed by atoms with van der Waals surface area (Å²) in [6.07, 6.45) is 5.46. The maximum atomic E-state index is 13.1. The van der Waals surface area contributed by atoms with Crippen molar-refractivity contribution in [1.29, 1.82) is 0 Å². The maximum Gasteiger partial charge on any atom is 0.407 e. The molecule has 0 spiro atoms. The predicted molar refractivity (Wildman–Crippen MR) is 145 cm³/mol. The first-order valence-corrected chi connectivity index (χ1v) is 12.5. The van der Waals surface area contributed by atoms with Crippen LogP contribution < -0.4 is 25.0 Å². The summed E-state index contributed by atoms with van der Waals surface area (Å²) in [6.45, 7) is 1.97. The molecule has 2 amide bonds. The molecule has 2 aliphatic rings. The number of carbonyl (C=O) groups excluding carboxylic acids is 1. The molecule has 40 heavy (non-hydrogen) atoms. The Bertz CT molecular complexity index is 1560. The summed E-state index contributed by atoms with van der Waals surface area (Å²) in [5.74, 6) is 2.44. The van der Waals surface area contributed by atoms with Gasteiger partial charge in [-0.25, -0.2) is 19.7 Å². The number of benzene rings is 1. The molecule has 0 atom stereocenters. The first kappa shape index (κ1) is 24.9. The number of fused-ring (bicyclic) bond motifs is 1. The monoisotopic (exact) mass is 540 g/mol. The Morgan fingerprint density at radius 1 is 0.875 bits per heavy atom. The largest absolute Gasteiger partial charge is 0.465 e. The number of nitrogens with one attached hydrogen (secondary N) is 2. The molecule has 6 rings (SSSR count). The second-order valence-electron chi connectivity index (χ2n) is 9.02. The van der Waals surface area contributed by atoms with Gasteiger partial charge in [-0.2, -0.15) is 0 Å². The van der Waals surface area contributed by atoms with Crippen molar-refractivity contribution in [3.8, 4) is 22.8 Å².